The van der Waals surface area contributed by atoms with Crippen LogP contribution in [0.4, 0.5) is 4.39 Å². The molecule has 1 heterocycles. The van der Waals surface area contributed by atoms with Crippen LogP contribution in [-0.2, 0) is 13.1 Å². The first-order valence-electron chi connectivity index (χ1n) is 6.07. The fourth-order valence-corrected chi connectivity index (χ4v) is 1.81. The number of hydrogen-bond acceptors (Lipinski definition) is 0. The molecule has 0 aliphatic rings. The zero-order chi connectivity index (χ0) is 12.1. The summed E-state index contributed by atoms with van der Waals surface area (Å²) in [6.45, 7) is 4.04. The van der Waals surface area contributed by atoms with Crippen molar-refractivity contribution in [2.75, 3.05) is 0 Å². The van der Waals surface area contributed by atoms with Gasteiger partial charge < -0.3 is 17.0 Å². The van der Waals surface area contributed by atoms with E-state index in [-0.39, 0.29) is 22.8 Å². The molecule has 0 bridgehead atoms. The van der Waals surface area contributed by atoms with Gasteiger partial charge in [-0.25, -0.2) is 13.5 Å². The third kappa shape index (κ3) is 4.26. The van der Waals surface area contributed by atoms with E-state index in [1.807, 2.05) is 12.1 Å². The van der Waals surface area contributed by atoms with Crippen molar-refractivity contribution in [3.05, 3.63) is 54.4 Å². The number of halogens is 2. The topological polar surface area (TPSA) is 8.81 Å². The molecule has 0 atom stereocenters. The number of aromatic nitrogens is 2. The molecule has 1 aromatic heterocycles. The largest absolute Gasteiger partial charge is 1.00 e. The summed E-state index contributed by atoms with van der Waals surface area (Å²) in [6.07, 6.45) is 8.64. The summed E-state index contributed by atoms with van der Waals surface area (Å²) in [5.41, 5.74) is 1.12. The summed E-state index contributed by atoms with van der Waals surface area (Å²) < 4.78 is 17.1. The fraction of sp³-hybridized carbons (Fsp3) is 0.357. The van der Waals surface area contributed by atoms with Crippen LogP contribution in [0.25, 0.3) is 0 Å². The Bertz CT molecular complexity index is 465. The Kier molecular flexibility index (Phi) is 6.05. The van der Waals surface area contributed by atoms with Gasteiger partial charge in [0.15, 0.2) is 0 Å². The molecule has 0 amide bonds. The second-order valence-corrected chi connectivity index (χ2v) is 4.30. The smallest absolute Gasteiger partial charge is 0.244 e. The van der Waals surface area contributed by atoms with Gasteiger partial charge in [0.1, 0.15) is 24.8 Å². The first-order chi connectivity index (χ1) is 8.28. The Hall–Kier alpha value is -1.16. The number of unbranched alkanes of at least 4 members (excludes halogenated alkanes) is 1. The molecular weight excluding hydrogens is 295 g/mol. The second kappa shape index (κ2) is 7.31. The van der Waals surface area contributed by atoms with Crippen molar-refractivity contribution in [1.82, 2.24) is 4.57 Å². The highest BCUT2D eigenvalue weighted by molar-refractivity contribution is 5.14. The lowest BCUT2D eigenvalue weighted by atomic mass is 10.2. The Morgan fingerprint density at radius 2 is 1.94 bits per heavy atom. The maximum atomic E-state index is 12.8. The third-order valence-corrected chi connectivity index (χ3v) is 2.79. The highest BCUT2D eigenvalue weighted by Gasteiger charge is 2.04. The van der Waals surface area contributed by atoms with Crippen molar-refractivity contribution in [1.29, 1.82) is 0 Å². The van der Waals surface area contributed by atoms with E-state index in [1.165, 1.54) is 25.0 Å². The molecule has 4 heteroatoms. The van der Waals surface area contributed by atoms with Gasteiger partial charge in [-0.1, -0.05) is 25.5 Å². The third-order valence-electron chi connectivity index (χ3n) is 2.79. The number of nitrogens with zero attached hydrogens (tertiary/aromatic N) is 2. The number of imidazole rings is 1. The number of benzene rings is 1. The van der Waals surface area contributed by atoms with Crippen LogP contribution in [0.15, 0.2) is 43.0 Å². The molecule has 0 fully saturated rings. The number of aryl methyl sites for hydroxylation is 1. The standard InChI is InChI=1S/C14H18FN2.BrH/c1-2-3-8-16-9-10-17(12-16)11-13-4-6-14(15)7-5-13;/h4-7,9-10,12H,2-3,8,11H2,1H3;1H/q+1;/p-1. The van der Waals surface area contributed by atoms with Crippen molar-refractivity contribution in [2.45, 2.75) is 32.9 Å². The second-order valence-electron chi connectivity index (χ2n) is 4.30. The summed E-state index contributed by atoms with van der Waals surface area (Å²) in [6, 6.07) is 6.66. The van der Waals surface area contributed by atoms with Gasteiger partial charge in [-0.05, 0) is 24.1 Å². The normalized spacial score (nSPS) is 10.1. The molecule has 0 unspecified atom stereocenters. The van der Waals surface area contributed by atoms with Crippen LogP contribution in [0.1, 0.15) is 25.3 Å². The summed E-state index contributed by atoms with van der Waals surface area (Å²) in [5, 5.41) is 0. The lowest BCUT2D eigenvalue weighted by Gasteiger charge is -1.97. The molecule has 2 nitrogen and oxygen atoms in total. The zero-order valence-corrected chi connectivity index (χ0v) is 12.1. The maximum absolute atomic E-state index is 12.8. The lowest BCUT2D eigenvalue weighted by molar-refractivity contribution is -0.687. The van der Waals surface area contributed by atoms with Crippen molar-refractivity contribution in [3.63, 3.8) is 0 Å². The van der Waals surface area contributed by atoms with E-state index in [4.69, 9.17) is 0 Å². The van der Waals surface area contributed by atoms with Gasteiger partial charge in [-0.3, -0.25) is 0 Å². The minimum atomic E-state index is -0.181. The van der Waals surface area contributed by atoms with E-state index in [2.05, 4.69) is 34.8 Å². The van der Waals surface area contributed by atoms with Crippen molar-refractivity contribution in [2.24, 2.45) is 0 Å². The van der Waals surface area contributed by atoms with E-state index >= 15 is 0 Å². The summed E-state index contributed by atoms with van der Waals surface area (Å²) in [4.78, 5) is 0. The Balaban J connectivity index is 0.00000162. The van der Waals surface area contributed by atoms with Crippen molar-refractivity contribution >= 4 is 0 Å². The molecule has 0 radical (unpaired) electrons. The predicted octanol–water partition coefficient (Wildman–Crippen LogP) is -0.233. The lowest BCUT2D eigenvalue weighted by Crippen LogP contribution is -3.00. The molecule has 0 spiro atoms. The zero-order valence-electron chi connectivity index (χ0n) is 10.5. The average molecular weight is 313 g/mol. The molecule has 18 heavy (non-hydrogen) atoms. The maximum Gasteiger partial charge on any atom is 0.244 e. The van der Waals surface area contributed by atoms with E-state index in [0.717, 1.165) is 18.7 Å². The molecule has 0 N–H and O–H groups in total. The summed E-state index contributed by atoms with van der Waals surface area (Å²) >= 11 is 0. The summed E-state index contributed by atoms with van der Waals surface area (Å²) in [5.74, 6) is -0.181. The minimum absolute atomic E-state index is 0. The van der Waals surface area contributed by atoms with Crippen LogP contribution < -0.4 is 21.5 Å². The van der Waals surface area contributed by atoms with Crippen molar-refractivity contribution in [3.8, 4) is 0 Å². The first kappa shape index (κ1) is 14.9. The number of rotatable bonds is 5. The van der Waals surface area contributed by atoms with Crippen LogP contribution in [0.2, 0.25) is 0 Å². The Labute approximate surface area is 118 Å². The fourth-order valence-electron chi connectivity index (χ4n) is 1.81. The van der Waals surface area contributed by atoms with Crippen LogP contribution >= 0.6 is 0 Å². The molecule has 98 valence electrons. The monoisotopic (exact) mass is 312 g/mol. The molecule has 0 aliphatic heterocycles. The highest BCUT2D eigenvalue weighted by Crippen LogP contribution is 2.02. The molecule has 2 rings (SSSR count). The Morgan fingerprint density at radius 1 is 1.22 bits per heavy atom. The molecule has 0 saturated carbocycles. The van der Waals surface area contributed by atoms with Gasteiger partial charge >= 0.3 is 0 Å². The predicted molar refractivity (Wildman–Crippen MR) is 65.0 cm³/mol. The molecule has 0 aliphatic carbocycles. The number of hydrogen-bond donors (Lipinski definition) is 0. The first-order valence-corrected chi connectivity index (χ1v) is 6.07. The summed E-state index contributed by atoms with van der Waals surface area (Å²) in [7, 11) is 0. The minimum Gasteiger partial charge on any atom is -1.00 e. The van der Waals surface area contributed by atoms with E-state index in [9.17, 15) is 4.39 Å². The SMILES string of the molecule is CCCCn1cc[n+](Cc2ccc(F)cc2)c1.[Br-]. The van der Waals surface area contributed by atoms with E-state index < -0.39 is 0 Å². The van der Waals surface area contributed by atoms with Gasteiger partial charge in [-0.2, -0.15) is 0 Å². The van der Waals surface area contributed by atoms with Crippen molar-refractivity contribution < 1.29 is 25.9 Å². The molecular formula is C14H18BrFN2. The van der Waals surface area contributed by atoms with Gasteiger partial charge in [0.05, 0.1) is 6.54 Å². The van der Waals surface area contributed by atoms with E-state index in [0.29, 0.717) is 0 Å². The van der Waals surface area contributed by atoms with Gasteiger partial charge in [0.25, 0.3) is 0 Å². The van der Waals surface area contributed by atoms with Crippen LogP contribution in [0.3, 0.4) is 0 Å². The quantitative estimate of drug-likeness (QED) is 0.674. The average Bonchev–Trinajstić information content (AvgIpc) is 2.77. The van der Waals surface area contributed by atoms with Crippen LogP contribution in [0, 0.1) is 5.82 Å². The van der Waals surface area contributed by atoms with Crippen LogP contribution in [-0.4, -0.2) is 4.57 Å². The molecule has 2 aromatic rings. The van der Waals surface area contributed by atoms with Crippen LogP contribution in [0.5, 0.6) is 0 Å². The molecule has 1 aromatic carbocycles. The van der Waals surface area contributed by atoms with E-state index in [1.54, 1.807) is 0 Å². The highest BCUT2D eigenvalue weighted by atomic mass is 79.9. The Morgan fingerprint density at radius 3 is 2.61 bits per heavy atom. The van der Waals surface area contributed by atoms with Gasteiger partial charge in [0, 0.05) is 0 Å². The van der Waals surface area contributed by atoms with Gasteiger partial charge in [-0.15, -0.1) is 0 Å². The molecule has 0 saturated heterocycles. The van der Waals surface area contributed by atoms with Gasteiger partial charge in [0.2, 0.25) is 6.33 Å².